The second-order valence-corrected chi connectivity index (χ2v) is 3.90. The molecule has 1 unspecified atom stereocenters. The molecular weight excluding hydrogens is 207 g/mol. The standard InChI is InChI=1S/C9H12F3N3/c10-9(11,12)4-8-14-6-2-1-5(13)3-7(6)15-8/h5H,1-4,13H2,(H,14,15). The van der Waals surface area contributed by atoms with Crippen LogP contribution < -0.4 is 5.73 Å². The van der Waals surface area contributed by atoms with Gasteiger partial charge in [0.1, 0.15) is 12.2 Å². The van der Waals surface area contributed by atoms with Gasteiger partial charge in [-0.25, -0.2) is 4.98 Å². The van der Waals surface area contributed by atoms with Crippen LogP contribution in [0.4, 0.5) is 13.2 Å². The maximum atomic E-state index is 12.1. The molecule has 1 aromatic heterocycles. The third-order valence-electron chi connectivity index (χ3n) is 2.50. The average molecular weight is 219 g/mol. The lowest BCUT2D eigenvalue weighted by Crippen LogP contribution is -2.27. The average Bonchev–Trinajstić information content (AvgIpc) is 2.42. The number of hydrogen-bond donors (Lipinski definition) is 2. The summed E-state index contributed by atoms with van der Waals surface area (Å²) in [7, 11) is 0. The van der Waals surface area contributed by atoms with E-state index in [1.165, 1.54) is 0 Å². The zero-order valence-electron chi connectivity index (χ0n) is 8.06. The van der Waals surface area contributed by atoms with Gasteiger partial charge in [0.25, 0.3) is 0 Å². The molecule has 0 fully saturated rings. The molecule has 1 aliphatic rings. The molecule has 3 nitrogen and oxygen atoms in total. The Balaban J connectivity index is 2.16. The minimum atomic E-state index is -4.21. The van der Waals surface area contributed by atoms with Crippen LogP contribution in [0.1, 0.15) is 23.6 Å². The number of aryl methyl sites for hydroxylation is 1. The number of imidazole rings is 1. The van der Waals surface area contributed by atoms with E-state index in [9.17, 15) is 13.2 Å². The molecule has 1 aromatic rings. The van der Waals surface area contributed by atoms with Gasteiger partial charge in [0.05, 0.1) is 5.69 Å². The lowest BCUT2D eigenvalue weighted by Gasteiger charge is -2.16. The molecule has 3 N–H and O–H groups in total. The smallest absolute Gasteiger partial charge is 0.345 e. The van der Waals surface area contributed by atoms with Crippen LogP contribution in [0, 0.1) is 0 Å². The second-order valence-electron chi connectivity index (χ2n) is 3.90. The van der Waals surface area contributed by atoms with Crippen molar-refractivity contribution in [2.24, 2.45) is 5.73 Å². The molecule has 6 heteroatoms. The third-order valence-corrected chi connectivity index (χ3v) is 2.50. The van der Waals surface area contributed by atoms with Gasteiger partial charge in [0, 0.05) is 18.2 Å². The van der Waals surface area contributed by atoms with Gasteiger partial charge in [-0.3, -0.25) is 0 Å². The maximum Gasteiger partial charge on any atom is 0.396 e. The van der Waals surface area contributed by atoms with Gasteiger partial charge in [0.2, 0.25) is 0 Å². The Bertz CT molecular complexity index is 356. The molecule has 1 aliphatic carbocycles. The van der Waals surface area contributed by atoms with Crippen LogP contribution in [0.5, 0.6) is 0 Å². The first-order chi connectivity index (χ1) is 6.94. The molecule has 1 atom stereocenters. The summed E-state index contributed by atoms with van der Waals surface area (Å²) < 4.78 is 36.3. The van der Waals surface area contributed by atoms with E-state index in [1.54, 1.807) is 0 Å². The molecular formula is C9H12F3N3. The number of halogens is 3. The Hall–Kier alpha value is -1.04. The first kappa shape index (κ1) is 10.5. The second kappa shape index (κ2) is 3.52. The summed E-state index contributed by atoms with van der Waals surface area (Å²) in [5.41, 5.74) is 7.23. The number of rotatable bonds is 1. The summed E-state index contributed by atoms with van der Waals surface area (Å²) in [6.45, 7) is 0. The SMILES string of the molecule is NC1CCc2nc(CC(F)(F)F)[nH]c2C1. The van der Waals surface area contributed by atoms with Crippen LogP contribution >= 0.6 is 0 Å². The van der Waals surface area contributed by atoms with Crippen LogP contribution in [0.15, 0.2) is 0 Å². The molecule has 0 aliphatic heterocycles. The van der Waals surface area contributed by atoms with E-state index < -0.39 is 12.6 Å². The molecule has 0 bridgehead atoms. The first-order valence-corrected chi connectivity index (χ1v) is 4.83. The van der Waals surface area contributed by atoms with Crippen molar-refractivity contribution in [3.63, 3.8) is 0 Å². The lowest BCUT2D eigenvalue weighted by molar-refractivity contribution is -0.128. The number of aromatic amines is 1. The van der Waals surface area contributed by atoms with Crippen molar-refractivity contribution in [3.05, 3.63) is 17.2 Å². The van der Waals surface area contributed by atoms with Gasteiger partial charge in [-0.1, -0.05) is 0 Å². The quantitative estimate of drug-likeness (QED) is 0.748. The zero-order chi connectivity index (χ0) is 11.1. The maximum absolute atomic E-state index is 12.1. The Morgan fingerprint density at radius 3 is 2.87 bits per heavy atom. The van der Waals surface area contributed by atoms with Crippen LogP contribution in [-0.4, -0.2) is 22.2 Å². The van der Waals surface area contributed by atoms with Gasteiger partial charge in [-0.05, 0) is 12.8 Å². The van der Waals surface area contributed by atoms with Crippen LogP contribution in [0.2, 0.25) is 0 Å². The van der Waals surface area contributed by atoms with E-state index in [-0.39, 0.29) is 11.9 Å². The molecule has 0 aromatic carbocycles. The fourth-order valence-corrected chi connectivity index (χ4v) is 1.84. The topological polar surface area (TPSA) is 54.7 Å². The number of aromatic nitrogens is 2. The molecule has 15 heavy (non-hydrogen) atoms. The largest absolute Gasteiger partial charge is 0.396 e. The molecule has 0 saturated heterocycles. The minimum absolute atomic E-state index is 0.00148. The Morgan fingerprint density at radius 1 is 1.47 bits per heavy atom. The highest BCUT2D eigenvalue weighted by Crippen LogP contribution is 2.23. The fourth-order valence-electron chi connectivity index (χ4n) is 1.84. The molecule has 0 saturated carbocycles. The monoisotopic (exact) mass is 219 g/mol. The van der Waals surface area contributed by atoms with E-state index in [4.69, 9.17) is 5.73 Å². The van der Waals surface area contributed by atoms with Gasteiger partial charge in [-0.2, -0.15) is 13.2 Å². The number of nitrogens with two attached hydrogens (primary N) is 1. The Labute approximate surface area is 84.9 Å². The summed E-state index contributed by atoms with van der Waals surface area (Å²) >= 11 is 0. The van der Waals surface area contributed by atoms with Crippen molar-refractivity contribution >= 4 is 0 Å². The predicted octanol–water partition coefficient (Wildman–Crippen LogP) is 1.33. The number of fused-ring (bicyclic) bond motifs is 1. The van der Waals surface area contributed by atoms with Crippen molar-refractivity contribution in [1.29, 1.82) is 0 Å². The van der Waals surface area contributed by atoms with E-state index in [1.807, 2.05) is 0 Å². The zero-order valence-corrected chi connectivity index (χ0v) is 8.06. The van der Waals surface area contributed by atoms with Crippen molar-refractivity contribution in [2.45, 2.75) is 37.9 Å². The Morgan fingerprint density at radius 2 is 2.20 bits per heavy atom. The van der Waals surface area contributed by atoms with Crippen molar-refractivity contribution in [3.8, 4) is 0 Å². The highest BCUT2D eigenvalue weighted by molar-refractivity contribution is 5.19. The number of H-pyrrole nitrogens is 1. The van der Waals surface area contributed by atoms with Crippen molar-refractivity contribution in [2.75, 3.05) is 0 Å². The van der Waals surface area contributed by atoms with E-state index in [0.29, 0.717) is 12.8 Å². The molecule has 0 radical (unpaired) electrons. The molecule has 0 spiro atoms. The highest BCUT2D eigenvalue weighted by Gasteiger charge is 2.30. The molecule has 1 heterocycles. The third kappa shape index (κ3) is 2.50. The van der Waals surface area contributed by atoms with E-state index in [0.717, 1.165) is 17.8 Å². The number of nitrogens with zero attached hydrogens (tertiary/aromatic N) is 1. The predicted molar refractivity (Wildman–Crippen MR) is 48.3 cm³/mol. The summed E-state index contributed by atoms with van der Waals surface area (Å²) in [6, 6.07) is 0.0386. The lowest BCUT2D eigenvalue weighted by atomic mass is 9.97. The van der Waals surface area contributed by atoms with Crippen LogP contribution in [0.25, 0.3) is 0 Å². The van der Waals surface area contributed by atoms with Gasteiger partial charge < -0.3 is 10.7 Å². The summed E-state index contributed by atoms with van der Waals surface area (Å²) in [5, 5.41) is 0. The Kier molecular flexibility index (Phi) is 2.46. The minimum Gasteiger partial charge on any atom is -0.345 e. The first-order valence-electron chi connectivity index (χ1n) is 4.83. The number of alkyl halides is 3. The number of nitrogens with one attached hydrogen (secondary N) is 1. The normalized spacial score (nSPS) is 21.5. The van der Waals surface area contributed by atoms with Crippen molar-refractivity contribution < 1.29 is 13.2 Å². The molecule has 84 valence electrons. The van der Waals surface area contributed by atoms with Crippen LogP contribution in [0.3, 0.4) is 0 Å². The highest BCUT2D eigenvalue weighted by atomic mass is 19.4. The van der Waals surface area contributed by atoms with Gasteiger partial charge >= 0.3 is 6.18 Å². The van der Waals surface area contributed by atoms with E-state index in [2.05, 4.69) is 9.97 Å². The van der Waals surface area contributed by atoms with Crippen LogP contribution in [-0.2, 0) is 19.3 Å². The summed E-state index contributed by atoms with van der Waals surface area (Å²) in [5.74, 6) is 0.00148. The van der Waals surface area contributed by atoms with E-state index >= 15 is 0 Å². The number of hydrogen-bond acceptors (Lipinski definition) is 2. The van der Waals surface area contributed by atoms with Gasteiger partial charge in [0.15, 0.2) is 0 Å². The molecule has 2 rings (SSSR count). The summed E-state index contributed by atoms with van der Waals surface area (Å²) in [6.07, 6.45) is -3.13. The van der Waals surface area contributed by atoms with Crippen molar-refractivity contribution in [1.82, 2.24) is 9.97 Å². The fraction of sp³-hybridized carbons (Fsp3) is 0.667. The summed E-state index contributed by atoms with van der Waals surface area (Å²) in [4.78, 5) is 6.65. The molecule has 0 amide bonds. The van der Waals surface area contributed by atoms with Gasteiger partial charge in [-0.15, -0.1) is 0 Å².